The monoisotopic (exact) mass is 355 g/mol. The highest BCUT2D eigenvalue weighted by molar-refractivity contribution is 6.30. The van der Waals surface area contributed by atoms with E-state index in [1.54, 1.807) is 12.3 Å². The summed E-state index contributed by atoms with van der Waals surface area (Å²) in [7, 11) is 0. The van der Waals surface area contributed by atoms with Gasteiger partial charge in [-0.2, -0.15) is 0 Å². The number of pyridine rings is 1. The predicted molar refractivity (Wildman–Crippen MR) is 102 cm³/mol. The number of carbonyl (C=O) groups excluding carboxylic acids is 1. The van der Waals surface area contributed by atoms with Gasteiger partial charge in [0.05, 0.1) is 0 Å². The van der Waals surface area contributed by atoms with Crippen molar-refractivity contribution in [3.8, 4) is 0 Å². The highest BCUT2D eigenvalue weighted by Gasteiger charge is 2.09. The molecule has 1 amide bonds. The lowest BCUT2D eigenvalue weighted by Crippen LogP contribution is -2.25. The van der Waals surface area contributed by atoms with Gasteiger partial charge in [0.25, 0.3) is 5.91 Å². The number of hydrogen-bond acceptors (Lipinski definition) is 3. The van der Waals surface area contributed by atoms with E-state index in [2.05, 4.69) is 21.7 Å². The van der Waals surface area contributed by atoms with Gasteiger partial charge < -0.3 is 10.6 Å². The zero-order valence-corrected chi connectivity index (χ0v) is 14.9. The zero-order chi connectivity index (χ0) is 17.5. The van der Waals surface area contributed by atoms with Crippen molar-refractivity contribution in [3.05, 3.63) is 65.0 Å². The number of nitrogens with one attached hydrogen (secondary N) is 2. The summed E-state index contributed by atoms with van der Waals surface area (Å²) in [6.07, 6.45) is 9.75. The van der Waals surface area contributed by atoms with Crippen LogP contribution in [0.15, 0.2) is 54.2 Å². The molecule has 1 aliphatic rings. The van der Waals surface area contributed by atoms with E-state index in [1.807, 2.05) is 30.3 Å². The fraction of sp³-hybridized carbons (Fsp3) is 0.300. The van der Waals surface area contributed by atoms with Crippen LogP contribution in [-0.2, 0) is 0 Å². The summed E-state index contributed by atoms with van der Waals surface area (Å²) < 4.78 is 0. The average Bonchev–Trinajstić information content (AvgIpc) is 2.65. The molecule has 130 valence electrons. The van der Waals surface area contributed by atoms with Crippen LogP contribution >= 0.6 is 11.6 Å². The van der Waals surface area contributed by atoms with Crippen LogP contribution in [0.4, 0.5) is 11.4 Å². The first-order chi connectivity index (χ1) is 12.2. The molecule has 0 atom stereocenters. The Labute approximate surface area is 153 Å². The Bertz CT molecular complexity index is 756. The fourth-order valence-electron chi connectivity index (χ4n) is 2.89. The number of benzene rings is 1. The smallest absolute Gasteiger partial charge is 0.269 e. The molecule has 0 saturated heterocycles. The minimum absolute atomic E-state index is 0.142. The first-order valence-electron chi connectivity index (χ1n) is 8.65. The molecule has 0 spiro atoms. The van der Waals surface area contributed by atoms with Gasteiger partial charge in [-0.25, -0.2) is 0 Å². The summed E-state index contributed by atoms with van der Waals surface area (Å²) in [6, 6.07) is 11.0. The molecular formula is C20H22ClN3O. The van der Waals surface area contributed by atoms with E-state index in [1.165, 1.54) is 24.8 Å². The highest BCUT2D eigenvalue weighted by atomic mass is 35.5. The lowest BCUT2D eigenvalue weighted by atomic mass is 9.97. The van der Waals surface area contributed by atoms with E-state index in [4.69, 9.17) is 11.6 Å². The van der Waals surface area contributed by atoms with Gasteiger partial charge in [-0.3, -0.25) is 9.78 Å². The molecular weight excluding hydrogens is 334 g/mol. The third kappa shape index (κ3) is 5.33. The minimum Gasteiger partial charge on any atom is -0.355 e. The molecule has 5 heteroatoms. The van der Waals surface area contributed by atoms with Crippen LogP contribution in [0.25, 0.3) is 0 Å². The maximum absolute atomic E-state index is 12.3. The Morgan fingerprint density at radius 2 is 1.96 bits per heavy atom. The topological polar surface area (TPSA) is 54.0 Å². The Morgan fingerprint density at radius 3 is 2.72 bits per heavy atom. The number of amides is 1. The summed E-state index contributed by atoms with van der Waals surface area (Å²) >= 11 is 5.89. The van der Waals surface area contributed by atoms with Crippen LogP contribution in [-0.4, -0.2) is 17.4 Å². The molecule has 1 aromatic carbocycles. The second kappa shape index (κ2) is 8.67. The van der Waals surface area contributed by atoms with Crippen molar-refractivity contribution >= 4 is 28.9 Å². The lowest BCUT2D eigenvalue weighted by molar-refractivity contribution is 0.0949. The summed E-state index contributed by atoms with van der Waals surface area (Å²) in [5.41, 5.74) is 3.60. The van der Waals surface area contributed by atoms with Crippen LogP contribution in [0.3, 0.4) is 0 Å². The number of halogens is 1. The van der Waals surface area contributed by atoms with E-state index >= 15 is 0 Å². The summed E-state index contributed by atoms with van der Waals surface area (Å²) in [4.78, 5) is 16.5. The third-order valence-corrected chi connectivity index (χ3v) is 4.49. The maximum atomic E-state index is 12.3. The molecule has 25 heavy (non-hydrogen) atoms. The van der Waals surface area contributed by atoms with E-state index in [9.17, 15) is 4.79 Å². The molecule has 0 unspecified atom stereocenters. The predicted octanol–water partition coefficient (Wildman–Crippen LogP) is 5.10. The fourth-order valence-corrected chi connectivity index (χ4v) is 3.02. The highest BCUT2D eigenvalue weighted by Crippen LogP contribution is 2.20. The van der Waals surface area contributed by atoms with Crippen LogP contribution in [0.2, 0.25) is 5.02 Å². The molecule has 0 fully saturated rings. The first kappa shape index (κ1) is 17.5. The van der Waals surface area contributed by atoms with Gasteiger partial charge in [0.2, 0.25) is 0 Å². The van der Waals surface area contributed by atoms with Gasteiger partial charge in [0.1, 0.15) is 5.69 Å². The van der Waals surface area contributed by atoms with Crippen LogP contribution < -0.4 is 10.6 Å². The number of allylic oxidation sites excluding steroid dienone is 1. The number of aromatic nitrogens is 1. The Hall–Kier alpha value is -2.33. The lowest BCUT2D eigenvalue weighted by Gasteiger charge is -2.13. The number of carbonyl (C=O) groups is 1. The molecule has 0 bridgehead atoms. The van der Waals surface area contributed by atoms with Crippen molar-refractivity contribution in [1.29, 1.82) is 0 Å². The van der Waals surface area contributed by atoms with Crippen LogP contribution in [0.5, 0.6) is 0 Å². The summed E-state index contributed by atoms with van der Waals surface area (Å²) in [5.74, 6) is -0.142. The van der Waals surface area contributed by atoms with E-state index < -0.39 is 0 Å². The zero-order valence-electron chi connectivity index (χ0n) is 14.1. The molecule has 1 heterocycles. The van der Waals surface area contributed by atoms with E-state index in [0.29, 0.717) is 17.3 Å². The van der Waals surface area contributed by atoms with Gasteiger partial charge >= 0.3 is 0 Å². The van der Waals surface area contributed by atoms with Crippen molar-refractivity contribution in [2.45, 2.75) is 32.1 Å². The van der Waals surface area contributed by atoms with E-state index in [-0.39, 0.29) is 5.91 Å². The molecule has 2 N–H and O–H groups in total. The van der Waals surface area contributed by atoms with Crippen LogP contribution in [0.1, 0.15) is 42.6 Å². The number of nitrogens with zero attached hydrogens (tertiary/aromatic N) is 1. The van der Waals surface area contributed by atoms with Crippen molar-refractivity contribution in [1.82, 2.24) is 10.3 Å². The largest absolute Gasteiger partial charge is 0.355 e. The normalized spacial score (nSPS) is 13.9. The molecule has 3 rings (SSSR count). The van der Waals surface area contributed by atoms with Crippen molar-refractivity contribution in [2.75, 3.05) is 11.9 Å². The molecule has 4 nitrogen and oxygen atoms in total. The van der Waals surface area contributed by atoms with Gasteiger partial charge in [0, 0.05) is 29.1 Å². The molecule has 0 aliphatic heterocycles. The van der Waals surface area contributed by atoms with Gasteiger partial charge in [-0.1, -0.05) is 23.3 Å². The number of anilines is 2. The Balaban J connectivity index is 1.55. The van der Waals surface area contributed by atoms with Crippen molar-refractivity contribution < 1.29 is 4.79 Å². The minimum atomic E-state index is -0.142. The molecule has 2 aromatic rings. The second-order valence-corrected chi connectivity index (χ2v) is 6.61. The van der Waals surface area contributed by atoms with Crippen molar-refractivity contribution in [2.24, 2.45) is 0 Å². The van der Waals surface area contributed by atoms with Crippen molar-refractivity contribution in [3.63, 3.8) is 0 Å². The Morgan fingerprint density at radius 1 is 1.12 bits per heavy atom. The van der Waals surface area contributed by atoms with Gasteiger partial charge in [-0.15, -0.1) is 0 Å². The average molecular weight is 356 g/mol. The molecule has 1 aliphatic carbocycles. The first-order valence-corrected chi connectivity index (χ1v) is 9.03. The van der Waals surface area contributed by atoms with Crippen LogP contribution in [0, 0.1) is 0 Å². The summed E-state index contributed by atoms with van der Waals surface area (Å²) in [6.45, 7) is 0.654. The molecule has 0 saturated carbocycles. The van der Waals surface area contributed by atoms with E-state index in [0.717, 1.165) is 24.2 Å². The summed E-state index contributed by atoms with van der Waals surface area (Å²) in [5, 5.41) is 6.89. The number of rotatable bonds is 6. The van der Waals surface area contributed by atoms with Gasteiger partial charge in [-0.05, 0) is 68.5 Å². The SMILES string of the molecule is O=C(NCCC1=CCCCC1)c1cc(Nc2ccc(Cl)cc2)ccn1. The number of hydrogen-bond donors (Lipinski definition) is 2. The maximum Gasteiger partial charge on any atom is 0.269 e. The molecule has 0 radical (unpaired) electrons. The third-order valence-electron chi connectivity index (χ3n) is 4.24. The quantitative estimate of drug-likeness (QED) is 0.709. The second-order valence-electron chi connectivity index (χ2n) is 6.18. The van der Waals surface area contributed by atoms with Gasteiger partial charge in [0.15, 0.2) is 0 Å². The Kier molecular flexibility index (Phi) is 6.07. The standard InChI is InChI=1S/C20H22ClN3O/c21-16-6-8-17(9-7-16)24-18-11-13-22-19(14-18)20(25)23-12-10-15-4-2-1-3-5-15/h4,6-9,11,13-14H,1-3,5,10,12H2,(H,22,24)(H,23,25). The molecule has 1 aromatic heterocycles.